The minimum absolute atomic E-state index is 0.466. The fraction of sp³-hybridized carbons (Fsp3) is 0.265. The molecule has 6 aromatic carbocycles. The van der Waals surface area contributed by atoms with Crippen LogP contribution in [-0.2, 0) is 41.0 Å². The van der Waals surface area contributed by atoms with Crippen LogP contribution in [0.5, 0.6) is 0 Å². The molecule has 0 amide bonds. The number of alkyl halides is 12. The number of hydrogen-bond acceptors (Lipinski definition) is 0. The van der Waals surface area contributed by atoms with Crippen molar-refractivity contribution in [1.29, 1.82) is 0 Å². The molecule has 2 aliphatic carbocycles. The van der Waals surface area contributed by atoms with Crippen LogP contribution in [0.15, 0.2) is 133 Å². The van der Waals surface area contributed by atoms with E-state index in [1.54, 1.807) is 0 Å². The first-order chi connectivity index (χ1) is 29.2. The summed E-state index contributed by atoms with van der Waals surface area (Å²) < 4.78 is 167. The maximum absolute atomic E-state index is 13.9. The molecule has 0 bridgehead atoms. The van der Waals surface area contributed by atoms with E-state index < -0.39 is 79.0 Å². The van der Waals surface area contributed by atoms with Gasteiger partial charge in [-0.3, -0.25) is 0 Å². The molecule has 1 spiro atoms. The average Bonchev–Trinajstić information content (AvgIpc) is 3.57. The Labute approximate surface area is 358 Å². The molecular weight excluding hydrogens is 878 g/mol. The normalized spacial score (nSPS) is 16.8. The van der Waals surface area contributed by atoms with Crippen molar-refractivity contribution in [3.05, 3.63) is 178 Å². The number of rotatable bonds is 6. The lowest BCUT2D eigenvalue weighted by Crippen LogP contribution is -2.36. The average molecular weight is 917 g/mol. The van der Waals surface area contributed by atoms with Gasteiger partial charge in [0, 0.05) is 5.41 Å². The Balaban J connectivity index is 1.42. The van der Waals surface area contributed by atoms with Crippen LogP contribution in [0.4, 0.5) is 52.7 Å². The molecule has 0 saturated carbocycles. The number of hydrogen-bond donors (Lipinski definition) is 0. The van der Waals surface area contributed by atoms with E-state index >= 15 is 0 Å². The molecule has 0 radical (unpaired) electrons. The third kappa shape index (κ3) is 8.09. The summed E-state index contributed by atoms with van der Waals surface area (Å²) in [6.45, 7) is 8.30. The predicted molar refractivity (Wildman–Crippen MR) is 226 cm³/mol. The van der Waals surface area contributed by atoms with E-state index in [4.69, 9.17) is 0 Å². The van der Waals surface area contributed by atoms with Gasteiger partial charge >= 0.3 is 24.7 Å². The standard InChI is InChI=1S/C49H38F12P2/c1-43(2)27-45(41-37(43)7-5-9-39(41)62(33-19-11-29(12-20-33)46(50,51)52)34-21-13-30(14-22-34)47(53,54)55)28-44(3,4)38-8-6-10-40(42(38)45)63(35-23-15-31(16-24-35)48(56,57)58)36-25-17-32(18-26-36)49(59,60)61/h5-26H,27-28H2,1-4H3. The van der Waals surface area contributed by atoms with Crippen molar-refractivity contribution in [3.63, 3.8) is 0 Å². The molecule has 0 nitrogen and oxygen atoms in total. The molecule has 14 heteroatoms. The zero-order chi connectivity index (χ0) is 45.7. The van der Waals surface area contributed by atoms with Gasteiger partial charge in [0.2, 0.25) is 0 Å². The van der Waals surface area contributed by atoms with Gasteiger partial charge < -0.3 is 0 Å². The van der Waals surface area contributed by atoms with Crippen molar-refractivity contribution in [2.24, 2.45) is 0 Å². The van der Waals surface area contributed by atoms with Crippen molar-refractivity contribution in [2.75, 3.05) is 0 Å². The highest BCUT2D eigenvalue weighted by Gasteiger charge is 2.59. The Morgan fingerprint density at radius 2 is 0.587 bits per heavy atom. The molecule has 0 fully saturated rings. The highest BCUT2D eigenvalue weighted by Crippen LogP contribution is 2.64. The van der Waals surface area contributed by atoms with E-state index in [-0.39, 0.29) is 0 Å². The summed E-state index contributed by atoms with van der Waals surface area (Å²) in [4.78, 5) is 0. The Hall–Kier alpha value is -4.66. The number of fused-ring (bicyclic) bond motifs is 4. The van der Waals surface area contributed by atoms with Gasteiger partial charge in [0.15, 0.2) is 0 Å². The van der Waals surface area contributed by atoms with E-state index in [1.807, 2.05) is 36.4 Å². The summed E-state index contributed by atoms with van der Waals surface area (Å²) in [5.74, 6) is 0. The lowest BCUT2D eigenvalue weighted by Gasteiger charge is -2.36. The van der Waals surface area contributed by atoms with Crippen LogP contribution >= 0.6 is 15.8 Å². The highest BCUT2D eigenvalue weighted by molar-refractivity contribution is 7.80. The molecule has 0 saturated heterocycles. The minimum atomic E-state index is -4.65. The van der Waals surface area contributed by atoms with Gasteiger partial charge in [-0.15, -0.1) is 0 Å². The smallest absolute Gasteiger partial charge is 0.166 e. The third-order valence-electron chi connectivity index (χ3n) is 12.3. The molecule has 0 N–H and O–H groups in total. The van der Waals surface area contributed by atoms with Crippen LogP contribution in [0.25, 0.3) is 0 Å². The Kier molecular flexibility index (Phi) is 10.9. The first-order valence-electron chi connectivity index (χ1n) is 19.8. The number of benzene rings is 6. The van der Waals surface area contributed by atoms with Crippen LogP contribution in [0.3, 0.4) is 0 Å². The third-order valence-corrected chi connectivity index (χ3v) is 17.2. The molecule has 0 heterocycles. The molecule has 328 valence electrons. The SMILES string of the molecule is CC1(C)CC2(CC(C)(C)c3cccc(P(c4ccc(C(F)(F)F)cc4)c4ccc(C(F)(F)F)cc4)c32)c2c(P(c3ccc(C(F)(F)F)cc3)c3ccc(C(F)(F)F)cc3)cccc21. The molecule has 63 heavy (non-hydrogen) atoms. The molecule has 6 aromatic rings. The summed E-state index contributed by atoms with van der Waals surface area (Å²) in [7, 11) is -3.67. The van der Waals surface area contributed by atoms with Gasteiger partial charge in [-0.1, -0.05) is 113 Å². The Bertz CT molecular complexity index is 2350. The Morgan fingerprint density at radius 1 is 0.349 bits per heavy atom. The van der Waals surface area contributed by atoms with E-state index in [2.05, 4.69) is 27.7 Å². The number of halogens is 12. The molecular formula is C49H38F12P2. The van der Waals surface area contributed by atoms with Gasteiger partial charge in [0.25, 0.3) is 0 Å². The van der Waals surface area contributed by atoms with Crippen molar-refractivity contribution >= 4 is 47.7 Å². The van der Waals surface area contributed by atoms with E-state index in [0.717, 1.165) is 81.4 Å². The summed E-state index contributed by atoms with van der Waals surface area (Å²) in [5.41, 5.74) is -1.93. The van der Waals surface area contributed by atoms with Crippen LogP contribution in [0.2, 0.25) is 0 Å². The molecule has 0 aliphatic heterocycles. The molecule has 0 aromatic heterocycles. The second kappa shape index (κ2) is 15.2. The van der Waals surface area contributed by atoms with E-state index in [1.165, 1.54) is 48.5 Å². The lowest BCUT2D eigenvalue weighted by atomic mass is 9.72. The summed E-state index contributed by atoms with van der Waals surface area (Å²) in [6, 6.07) is 30.1. The second-order valence-corrected chi connectivity index (χ2v) is 21.8. The molecule has 8 rings (SSSR count). The summed E-state index contributed by atoms with van der Waals surface area (Å²) >= 11 is 0. The maximum atomic E-state index is 13.9. The monoisotopic (exact) mass is 916 g/mol. The van der Waals surface area contributed by atoms with Crippen LogP contribution < -0.4 is 31.8 Å². The summed E-state index contributed by atoms with van der Waals surface area (Å²) in [5, 5.41) is 3.31. The predicted octanol–water partition coefficient (Wildman–Crippen LogP) is 12.9. The van der Waals surface area contributed by atoms with Gasteiger partial charge in [-0.2, -0.15) is 52.7 Å². The molecule has 0 atom stereocenters. The zero-order valence-electron chi connectivity index (χ0n) is 34.0. The van der Waals surface area contributed by atoms with Crippen LogP contribution in [0.1, 0.15) is 85.0 Å². The van der Waals surface area contributed by atoms with Crippen LogP contribution in [0, 0.1) is 0 Å². The fourth-order valence-electron chi connectivity index (χ4n) is 9.88. The quantitative estimate of drug-likeness (QED) is 0.115. The Morgan fingerprint density at radius 3 is 0.810 bits per heavy atom. The summed E-state index contributed by atoms with van der Waals surface area (Å²) in [6.07, 6.45) is -17.6. The maximum Gasteiger partial charge on any atom is 0.416 e. The van der Waals surface area contributed by atoms with E-state index in [9.17, 15) is 52.7 Å². The largest absolute Gasteiger partial charge is 0.416 e. The van der Waals surface area contributed by atoms with Gasteiger partial charge in [-0.25, -0.2) is 0 Å². The molecule has 2 aliphatic rings. The molecule has 0 unspecified atom stereocenters. The first-order valence-corrected chi connectivity index (χ1v) is 22.5. The van der Waals surface area contributed by atoms with Crippen molar-refractivity contribution < 1.29 is 52.7 Å². The van der Waals surface area contributed by atoms with Crippen LogP contribution in [-0.4, -0.2) is 0 Å². The second-order valence-electron chi connectivity index (χ2n) is 17.5. The topological polar surface area (TPSA) is 0 Å². The van der Waals surface area contributed by atoms with Gasteiger partial charge in [-0.05, 0) is 142 Å². The minimum Gasteiger partial charge on any atom is -0.166 e. The lowest BCUT2D eigenvalue weighted by molar-refractivity contribution is -0.138. The van der Waals surface area contributed by atoms with Crippen molar-refractivity contribution in [1.82, 2.24) is 0 Å². The fourth-order valence-corrected chi connectivity index (χ4v) is 15.0. The van der Waals surface area contributed by atoms with Gasteiger partial charge in [0.05, 0.1) is 22.3 Å². The highest BCUT2D eigenvalue weighted by atomic mass is 31.1. The van der Waals surface area contributed by atoms with Gasteiger partial charge in [0.1, 0.15) is 0 Å². The van der Waals surface area contributed by atoms with E-state index in [0.29, 0.717) is 34.1 Å². The first kappa shape index (κ1) is 44.9. The van der Waals surface area contributed by atoms with Crippen molar-refractivity contribution in [2.45, 2.75) is 81.5 Å². The zero-order valence-corrected chi connectivity index (χ0v) is 35.8. The van der Waals surface area contributed by atoms with Crippen molar-refractivity contribution in [3.8, 4) is 0 Å².